The predicted molar refractivity (Wildman–Crippen MR) is 107 cm³/mol. The fourth-order valence-electron chi connectivity index (χ4n) is 3.32. The van der Waals surface area contributed by atoms with E-state index in [9.17, 15) is 9.59 Å². The standard InChI is InChI=1S/C18H25N5O2S2/c1-12-5-2-3-6-13(12)20-16(25)11-27-18-22-21-17(14-7-4-10-26-14)23(18)9-8-15(19)24/h4,7,10,12-13H,2-3,5-6,8-9,11H2,1H3,(H2,19,24)(H,20,25)/t12-,13+/m1/s1. The van der Waals surface area contributed by atoms with E-state index in [0.29, 0.717) is 23.4 Å². The molecule has 146 valence electrons. The first kappa shape index (κ1) is 19.9. The van der Waals surface area contributed by atoms with Gasteiger partial charge in [-0.1, -0.05) is 37.6 Å². The van der Waals surface area contributed by atoms with Crippen molar-refractivity contribution in [1.82, 2.24) is 20.1 Å². The van der Waals surface area contributed by atoms with Crippen LogP contribution in [0.2, 0.25) is 0 Å². The average Bonchev–Trinajstić information content (AvgIpc) is 3.29. The van der Waals surface area contributed by atoms with Gasteiger partial charge in [0.25, 0.3) is 0 Å². The molecule has 1 aliphatic carbocycles. The molecule has 2 atom stereocenters. The van der Waals surface area contributed by atoms with Crippen molar-refractivity contribution in [2.24, 2.45) is 11.7 Å². The molecule has 2 aromatic heterocycles. The van der Waals surface area contributed by atoms with Crippen LogP contribution in [0.4, 0.5) is 0 Å². The Kier molecular flexibility index (Phi) is 6.89. The van der Waals surface area contributed by atoms with Crippen molar-refractivity contribution in [3.8, 4) is 10.7 Å². The molecule has 9 heteroatoms. The third kappa shape index (κ3) is 5.32. The number of carbonyl (C=O) groups is 2. The van der Waals surface area contributed by atoms with E-state index in [1.165, 1.54) is 31.0 Å². The number of nitrogens with two attached hydrogens (primary N) is 1. The van der Waals surface area contributed by atoms with Crippen LogP contribution in [-0.2, 0) is 16.1 Å². The molecule has 0 radical (unpaired) electrons. The second kappa shape index (κ2) is 9.36. The predicted octanol–water partition coefficient (Wildman–Crippen LogP) is 2.67. The van der Waals surface area contributed by atoms with E-state index < -0.39 is 0 Å². The van der Waals surface area contributed by atoms with E-state index in [1.807, 2.05) is 22.1 Å². The summed E-state index contributed by atoms with van der Waals surface area (Å²) in [7, 11) is 0. The van der Waals surface area contributed by atoms with Gasteiger partial charge in [0.1, 0.15) is 0 Å². The van der Waals surface area contributed by atoms with Gasteiger partial charge in [0.2, 0.25) is 11.8 Å². The van der Waals surface area contributed by atoms with Crippen molar-refractivity contribution in [1.29, 1.82) is 0 Å². The minimum absolute atomic E-state index is 0.0147. The maximum absolute atomic E-state index is 12.4. The molecule has 0 aliphatic heterocycles. The van der Waals surface area contributed by atoms with Gasteiger partial charge in [-0.2, -0.15) is 0 Å². The summed E-state index contributed by atoms with van der Waals surface area (Å²) in [6, 6.07) is 4.17. The number of thiophene rings is 1. The summed E-state index contributed by atoms with van der Waals surface area (Å²) in [5, 5.41) is 14.2. The lowest BCUT2D eigenvalue weighted by molar-refractivity contribution is -0.120. The molecular formula is C18H25N5O2S2. The quantitative estimate of drug-likeness (QED) is 0.655. The summed E-state index contributed by atoms with van der Waals surface area (Å²) in [5.74, 6) is 1.15. The number of amides is 2. The van der Waals surface area contributed by atoms with Crippen molar-refractivity contribution < 1.29 is 9.59 Å². The molecule has 0 bridgehead atoms. The molecule has 0 aromatic carbocycles. The van der Waals surface area contributed by atoms with Gasteiger partial charge in [-0.3, -0.25) is 9.59 Å². The first-order valence-electron chi connectivity index (χ1n) is 9.22. The van der Waals surface area contributed by atoms with E-state index in [2.05, 4.69) is 22.4 Å². The summed E-state index contributed by atoms with van der Waals surface area (Å²) >= 11 is 2.90. The monoisotopic (exact) mass is 407 g/mol. The van der Waals surface area contributed by atoms with E-state index in [4.69, 9.17) is 5.73 Å². The van der Waals surface area contributed by atoms with E-state index in [0.717, 1.165) is 11.3 Å². The zero-order valence-electron chi connectivity index (χ0n) is 15.4. The van der Waals surface area contributed by atoms with Crippen LogP contribution in [0.1, 0.15) is 39.0 Å². The van der Waals surface area contributed by atoms with Crippen LogP contribution >= 0.6 is 23.1 Å². The Bertz CT molecular complexity index is 775. The highest BCUT2D eigenvalue weighted by atomic mass is 32.2. The Labute approximate surface area is 167 Å². The molecule has 3 N–H and O–H groups in total. The average molecular weight is 408 g/mol. The number of aromatic nitrogens is 3. The zero-order valence-corrected chi connectivity index (χ0v) is 17.0. The molecule has 2 amide bonds. The largest absolute Gasteiger partial charge is 0.370 e. The van der Waals surface area contributed by atoms with Gasteiger partial charge in [-0.15, -0.1) is 21.5 Å². The number of thioether (sulfide) groups is 1. The smallest absolute Gasteiger partial charge is 0.230 e. The first-order chi connectivity index (χ1) is 13.0. The van der Waals surface area contributed by atoms with Crippen LogP contribution in [0, 0.1) is 5.92 Å². The highest BCUT2D eigenvalue weighted by Gasteiger charge is 2.23. The van der Waals surface area contributed by atoms with Gasteiger partial charge in [-0.25, -0.2) is 0 Å². The summed E-state index contributed by atoms with van der Waals surface area (Å²) in [5.41, 5.74) is 5.31. The maximum atomic E-state index is 12.4. The molecule has 7 nitrogen and oxygen atoms in total. The SMILES string of the molecule is C[C@@H]1CCCC[C@@H]1NC(=O)CSc1nnc(-c2cccs2)n1CCC(N)=O. The third-order valence-corrected chi connectivity index (χ3v) is 6.66. The Morgan fingerprint density at radius 1 is 1.37 bits per heavy atom. The molecule has 1 aliphatic rings. The lowest BCUT2D eigenvalue weighted by Crippen LogP contribution is -2.41. The van der Waals surface area contributed by atoms with Gasteiger partial charge < -0.3 is 15.6 Å². The second-order valence-electron chi connectivity index (χ2n) is 6.88. The van der Waals surface area contributed by atoms with Crippen molar-refractivity contribution in [2.45, 2.75) is 56.8 Å². The summed E-state index contributed by atoms with van der Waals surface area (Å²) in [4.78, 5) is 24.6. The van der Waals surface area contributed by atoms with Crippen molar-refractivity contribution >= 4 is 34.9 Å². The Hall–Kier alpha value is -1.87. The van der Waals surface area contributed by atoms with Gasteiger partial charge in [0, 0.05) is 19.0 Å². The number of hydrogen-bond acceptors (Lipinski definition) is 6. The Morgan fingerprint density at radius 3 is 2.89 bits per heavy atom. The van der Waals surface area contributed by atoms with Crippen LogP contribution in [-0.4, -0.2) is 38.4 Å². The number of rotatable bonds is 8. The Morgan fingerprint density at radius 2 is 2.19 bits per heavy atom. The van der Waals surface area contributed by atoms with Gasteiger partial charge >= 0.3 is 0 Å². The third-order valence-electron chi connectivity index (χ3n) is 4.83. The first-order valence-corrected chi connectivity index (χ1v) is 11.1. The normalized spacial score (nSPS) is 19.7. The lowest BCUT2D eigenvalue weighted by Gasteiger charge is -2.29. The van der Waals surface area contributed by atoms with Crippen LogP contribution in [0.3, 0.4) is 0 Å². The van der Waals surface area contributed by atoms with E-state index >= 15 is 0 Å². The molecule has 0 saturated heterocycles. The van der Waals surface area contributed by atoms with Gasteiger partial charge in [0.05, 0.1) is 10.6 Å². The van der Waals surface area contributed by atoms with Gasteiger partial charge in [-0.05, 0) is 30.2 Å². The molecule has 0 unspecified atom stereocenters. The summed E-state index contributed by atoms with van der Waals surface area (Å²) < 4.78 is 1.87. The topological polar surface area (TPSA) is 103 Å². The highest BCUT2D eigenvalue weighted by molar-refractivity contribution is 7.99. The van der Waals surface area contributed by atoms with Crippen molar-refractivity contribution in [2.75, 3.05) is 5.75 Å². The molecule has 3 rings (SSSR count). The van der Waals surface area contributed by atoms with Crippen LogP contribution < -0.4 is 11.1 Å². The fraction of sp³-hybridized carbons (Fsp3) is 0.556. The molecule has 1 saturated carbocycles. The number of nitrogens with one attached hydrogen (secondary N) is 1. The van der Waals surface area contributed by atoms with Gasteiger partial charge in [0.15, 0.2) is 11.0 Å². The van der Waals surface area contributed by atoms with Crippen LogP contribution in [0.5, 0.6) is 0 Å². The molecule has 2 heterocycles. The number of primary amides is 1. The molecule has 2 aromatic rings. The molecule has 0 spiro atoms. The van der Waals surface area contributed by atoms with Crippen LogP contribution in [0.15, 0.2) is 22.7 Å². The van der Waals surface area contributed by atoms with Crippen LogP contribution in [0.25, 0.3) is 10.7 Å². The summed E-state index contributed by atoms with van der Waals surface area (Å²) in [6.45, 7) is 2.60. The highest BCUT2D eigenvalue weighted by Crippen LogP contribution is 2.28. The zero-order chi connectivity index (χ0) is 19.2. The summed E-state index contributed by atoms with van der Waals surface area (Å²) in [6.07, 6.45) is 4.85. The minimum atomic E-state index is -0.374. The van der Waals surface area contributed by atoms with Crippen molar-refractivity contribution in [3.63, 3.8) is 0 Å². The maximum Gasteiger partial charge on any atom is 0.230 e. The fourth-order valence-corrected chi connectivity index (χ4v) is 4.81. The van der Waals surface area contributed by atoms with E-state index in [-0.39, 0.29) is 30.0 Å². The number of nitrogens with zero attached hydrogens (tertiary/aromatic N) is 3. The lowest BCUT2D eigenvalue weighted by atomic mass is 9.86. The Balaban J connectivity index is 1.65. The van der Waals surface area contributed by atoms with E-state index in [1.54, 1.807) is 11.3 Å². The molecule has 27 heavy (non-hydrogen) atoms. The molecule has 1 fully saturated rings. The number of carbonyl (C=O) groups excluding carboxylic acids is 2. The second-order valence-corrected chi connectivity index (χ2v) is 8.77. The molecular weight excluding hydrogens is 382 g/mol. The minimum Gasteiger partial charge on any atom is -0.370 e. The number of hydrogen-bond donors (Lipinski definition) is 2. The van der Waals surface area contributed by atoms with Crippen molar-refractivity contribution in [3.05, 3.63) is 17.5 Å².